The first-order chi connectivity index (χ1) is 8.50. The highest BCUT2D eigenvalue weighted by molar-refractivity contribution is 7.80. The molecule has 0 radical (unpaired) electrons. The van der Waals surface area contributed by atoms with Gasteiger partial charge in [-0.3, -0.25) is 0 Å². The number of nitrogens with zero attached hydrogens (tertiary/aromatic N) is 1. The van der Waals surface area contributed by atoms with Crippen molar-refractivity contribution in [2.45, 2.75) is 18.9 Å². The average molecular weight is 272 g/mol. The molecule has 98 valence electrons. The number of aliphatic hydroxyl groups excluding tert-OH is 1. The first kappa shape index (κ1) is 13.2. The number of thiocarbonyl (C=S) groups is 1. The normalized spacial score (nSPS) is 19.9. The van der Waals surface area contributed by atoms with Gasteiger partial charge in [-0.2, -0.15) is 0 Å². The molecule has 1 aliphatic rings. The number of aliphatic hydroxyl groups is 1. The summed E-state index contributed by atoms with van der Waals surface area (Å²) >= 11 is 4.65. The Kier molecular flexibility index (Phi) is 3.77. The van der Waals surface area contributed by atoms with Gasteiger partial charge in [0.25, 0.3) is 0 Å². The summed E-state index contributed by atoms with van der Waals surface area (Å²) in [5, 5.41) is 9.55. The molecule has 1 saturated heterocycles. The number of hydrogen-bond donors (Lipinski definition) is 2. The number of nitrogens with two attached hydrogens (primary N) is 1. The van der Waals surface area contributed by atoms with E-state index in [9.17, 15) is 13.9 Å². The van der Waals surface area contributed by atoms with Crippen molar-refractivity contribution < 1.29 is 13.9 Å². The lowest BCUT2D eigenvalue weighted by Crippen LogP contribution is -2.38. The van der Waals surface area contributed by atoms with Gasteiger partial charge in [0.15, 0.2) is 11.6 Å². The lowest BCUT2D eigenvalue weighted by Gasteiger charge is -2.32. The van der Waals surface area contributed by atoms with Crippen molar-refractivity contribution in [3.63, 3.8) is 0 Å². The predicted molar refractivity (Wildman–Crippen MR) is 69.7 cm³/mol. The summed E-state index contributed by atoms with van der Waals surface area (Å²) in [6, 6.07) is 2.82. The molecule has 0 aromatic heterocycles. The van der Waals surface area contributed by atoms with Gasteiger partial charge in [0, 0.05) is 18.7 Å². The number of rotatable bonds is 2. The van der Waals surface area contributed by atoms with Crippen LogP contribution in [-0.4, -0.2) is 29.3 Å². The van der Waals surface area contributed by atoms with E-state index in [1.807, 2.05) is 0 Å². The summed E-state index contributed by atoms with van der Waals surface area (Å²) in [6.07, 6.45) is 0.932. The van der Waals surface area contributed by atoms with Crippen LogP contribution in [0.25, 0.3) is 0 Å². The van der Waals surface area contributed by atoms with Crippen molar-refractivity contribution >= 4 is 22.9 Å². The maximum Gasteiger partial charge on any atom is 0.182 e. The van der Waals surface area contributed by atoms with Crippen LogP contribution in [0.15, 0.2) is 12.1 Å². The largest absolute Gasteiger partial charge is 0.391 e. The first-order valence-electron chi connectivity index (χ1n) is 5.71. The van der Waals surface area contributed by atoms with E-state index >= 15 is 0 Å². The standard InChI is InChI=1S/C12H14F2N2OS/c13-10-8(12(15)18)3-4-9(11(10)14)16-5-1-2-7(17)6-16/h3-4,7,17H,1-2,5-6H2,(H2,15,18). The Morgan fingerprint density at radius 1 is 1.39 bits per heavy atom. The quantitative estimate of drug-likeness (QED) is 0.802. The highest BCUT2D eigenvalue weighted by Gasteiger charge is 2.23. The van der Waals surface area contributed by atoms with Crippen LogP contribution >= 0.6 is 12.2 Å². The predicted octanol–water partition coefficient (Wildman–Crippen LogP) is 1.56. The molecule has 1 heterocycles. The van der Waals surface area contributed by atoms with Gasteiger partial charge in [-0.25, -0.2) is 8.78 Å². The van der Waals surface area contributed by atoms with Gasteiger partial charge < -0.3 is 15.7 Å². The Hall–Kier alpha value is -1.27. The Bertz CT molecular complexity index is 481. The third-order valence-electron chi connectivity index (χ3n) is 3.06. The van der Waals surface area contributed by atoms with E-state index in [4.69, 9.17) is 5.73 Å². The fourth-order valence-electron chi connectivity index (χ4n) is 2.15. The van der Waals surface area contributed by atoms with Crippen LogP contribution < -0.4 is 10.6 Å². The number of benzene rings is 1. The summed E-state index contributed by atoms with van der Waals surface area (Å²) in [4.78, 5) is 1.47. The van der Waals surface area contributed by atoms with Gasteiger partial charge in [-0.1, -0.05) is 12.2 Å². The SMILES string of the molecule is NC(=S)c1ccc(N2CCCC(O)C2)c(F)c1F. The van der Waals surface area contributed by atoms with Gasteiger partial charge in [0.1, 0.15) is 4.99 Å². The van der Waals surface area contributed by atoms with Crippen LogP contribution in [0.4, 0.5) is 14.5 Å². The van der Waals surface area contributed by atoms with Crippen LogP contribution in [0, 0.1) is 11.6 Å². The van der Waals surface area contributed by atoms with Crippen LogP contribution in [0.1, 0.15) is 18.4 Å². The van der Waals surface area contributed by atoms with Gasteiger partial charge in [-0.15, -0.1) is 0 Å². The van der Waals surface area contributed by atoms with Gasteiger partial charge in [-0.05, 0) is 25.0 Å². The minimum absolute atomic E-state index is 0.0937. The molecule has 0 spiro atoms. The molecule has 18 heavy (non-hydrogen) atoms. The molecule has 3 N–H and O–H groups in total. The van der Waals surface area contributed by atoms with Crippen molar-refractivity contribution in [3.8, 4) is 0 Å². The van der Waals surface area contributed by atoms with E-state index in [1.54, 1.807) is 4.90 Å². The van der Waals surface area contributed by atoms with E-state index in [0.717, 1.165) is 6.42 Å². The highest BCUT2D eigenvalue weighted by Crippen LogP contribution is 2.26. The molecular formula is C12H14F2N2OS. The molecule has 1 unspecified atom stereocenters. The van der Waals surface area contributed by atoms with Crippen molar-refractivity contribution in [1.29, 1.82) is 0 Å². The van der Waals surface area contributed by atoms with Crippen molar-refractivity contribution in [1.82, 2.24) is 0 Å². The van der Waals surface area contributed by atoms with Crippen LogP contribution in [0.3, 0.4) is 0 Å². The lowest BCUT2D eigenvalue weighted by molar-refractivity contribution is 0.154. The van der Waals surface area contributed by atoms with E-state index in [2.05, 4.69) is 12.2 Å². The molecule has 1 atom stereocenters. The van der Waals surface area contributed by atoms with Crippen LogP contribution in [0.5, 0.6) is 0 Å². The topological polar surface area (TPSA) is 49.5 Å². The monoisotopic (exact) mass is 272 g/mol. The third kappa shape index (κ3) is 2.44. The lowest BCUT2D eigenvalue weighted by atomic mass is 10.1. The summed E-state index contributed by atoms with van der Waals surface area (Å²) < 4.78 is 27.7. The molecule has 1 aromatic carbocycles. The third-order valence-corrected chi connectivity index (χ3v) is 3.28. The zero-order valence-electron chi connectivity index (χ0n) is 9.70. The number of β-amino-alcohol motifs (C(OH)–C–C–N with tert-alkyl or cyclic N) is 1. The van der Waals surface area contributed by atoms with Gasteiger partial charge in [0.2, 0.25) is 0 Å². The minimum atomic E-state index is -1.03. The summed E-state index contributed by atoms with van der Waals surface area (Å²) in [6.45, 7) is 0.905. The fourth-order valence-corrected chi connectivity index (χ4v) is 2.30. The Morgan fingerprint density at radius 2 is 2.11 bits per heavy atom. The maximum atomic E-state index is 13.9. The second-order valence-electron chi connectivity index (χ2n) is 4.37. The number of hydrogen-bond acceptors (Lipinski definition) is 3. The van der Waals surface area contributed by atoms with Crippen molar-refractivity contribution in [2.24, 2.45) is 5.73 Å². The molecule has 6 heteroatoms. The zero-order chi connectivity index (χ0) is 13.3. The molecule has 0 bridgehead atoms. The molecule has 0 saturated carbocycles. The Morgan fingerprint density at radius 3 is 2.72 bits per heavy atom. The van der Waals surface area contributed by atoms with E-state index in [0.29, 0.717) is 19.5 Å². The van der Waals surface area contributed by atoms with E-state index in [-0.39, 0.29) is 16.2 Å². The molecule has 1 aromatic rings. The second kappa shape index (κ2) is 5.16. The smallest absolute Gasteiger partial charge is 0.182 e. The number of halogens is 2. The molecule has 0 amide bonds. The summed E-state index contributed by atoms with van der Waals surface area (Å²) in [5.74, 6) is -1.99. The number of anilines is 1. The highest BCUT2D eigenvalue weighted by atomic mass is 32.1. The van der Waals surface area contributed by atoms with Crippen molar-refractivity contribution in [3.05, 3.63) is 29.3 Å². The van der Waals surface area contributed by atoms with Gasteiger partial charge in [0.05, 0.1) is 11.8 Å². The minimum Gasteiger partial charge on any atom is -0.391 e. The second-order valence-corrected chi connectivity index (χ2v) is 4.81. The maximum absolute atomic E-state index is 13.9. The van der Waals surface area contributed by atoms with Crippen molar-refractivity contribution in [2.75, 3.05) is 18.0 Å². The summed E-state index contributed by atoms with van der Waals surface area (Å²) in [5.41, 5.74) is 5.36. The van der Waals surface area contributed by atoms with Crippen LogP contribution in [0.2, 0.25) is 0 Å². The number of piperidine rings is 1. The zero-order valence-corrected chi connectivity index (χ0v) is 10.5. The Labute approximate surface area is 109 Å². The Balaban J connectivity index is 2.34. The first-order valence-corrected chi connectivity index (χ1v) is 6.12. The molecule has 1 fully saturated rings. The molecule has 1 aliphatic heterocycles. The van der Waals surface area contributed by atoms with E-state index < -0.39 is 17.7 Å². The fraction of sp³-hybridized carbons (Fsp3) is 0.417. The molecule has 0 aliphatic carbocycles. The molecule has 2 rings (SSSR count). The average Bonchev–Trinajstić information content (AvgIpc) is 2.32. The molecule has 3 nitrogen and oxygen atoms in total. The van der Waals surface area contributed by atoms with Crippen LogP contribution in [-0.2, 0) is 0 Å². The molecular weight excluding hydrogens is 258 g/mol. The van der Waals surface area contributed by atoms with Gasteiger partial charge >= 0.3 is 0 Å². The summed E-state index contributed by atoms with van der Waals surface area (Å²) in [7, 11) is 0. The van der Waals surface area contributed by atoms with E-state index in [1.165, 1.54) is 12.1 Å².